The van der Waals surface area contributed by atoms with Crippen LogP contribution in [0.5, 0.6) is 0 Å². The van der Waals surface area contributed by atoms with Crippen LogP contribution in [0.2, 0.25) is 0 Å². The second-order valence-electron chi connectivity index (χ2n) is 4.69. The molecule has 2 rings (SSSR count). The van der Waals surface area contributed by atoms with E-state index in [1.807, 2.05) is 11.8 Å². The summed E-state index contributed by atoms with van der Waals surface area (Å²) in [5, 5.41) is 18.9. The highest BCUT2D eigenvalue weighted by Crippen LogP contribution is 2.29. The molecule has 1 aliphatic rings. The minimum Gasteiger partial charge on any atom is -0.393 e. The fraction of sp³-hybridized carbons (Fsp3) is 0.538. The molecule has 0 radical (unpaired) electrons. The first-order valence-corrected chi connectivity index (χ1v) is 5.94. The zero-order valence-corrected chi connectivity index (χ0v) is 9.93. The van der Waals surface area contributed by atoms with Crippen LogP contribution in [0.15, 0.2) is 18.2 Å². The van der Waals surface area contributed by atoms with Crippen molar-refractivity contribution < 1.29 is 14.6 Å². The van der Waals surface area contributed by atoms with Gasteiger partial charge in [0.2, 0.25) is 0 Å². The molecule has 94 valence electrons. The summed E-state index contributed by atoms with van der Waals surface area (Å²) in [4.78, 5) is 1.91. The molecule has 0 spiro atoms. The molecule has 3 nitrogen and oxygen atoms in total. The summed E-state index contributed by atoms with van der Waals surface area (Å²) in [6.45, 7) is 3.03. The quantitative estimate of drug-likeness (QED) is 0.822. The molecule has 1 aromatic rings. The van der Waals surface area contributed by atoms with Gasteiger partial charge in [0.25, 0.3) is 0 Å². The molecule has 2 atom stereocenters. The summed E-state index contributed by atoms with van der Waals surface area (Å²) in [5.74, 6) is -0.185. The van der Waals surface area contributed by atoms with E-state index in [2.05, 4.69) is 0 Å². The van der Waals surface area contributed by atoms with Crippen molar-refractivity contribution in [3.05, 3.63) is 29.6 Å². The molecule has 0 saturated carbocycles. The van der Waals surface area contributed by atoms with Gasteiger partial charge >= 0.3 is 0 Å². The van der Waals surface area contributed by atoms with Crippen molar-refractivity contribution in [1.82, 2.24) is 0 Å². The van der Waals surface area contributed by atoms with Gasteiger partial charge in [-0.3, -0.25) is 0 Å². The number of hydrogen-bond acceptors (Lipinski definition) is 3. The average Bonchev–Trinajstić information content (AvgIpc) is 2.32. The van der Waals surface area contributed by atoms with Crippen molar-refractivity contribution in [3.8, 4) is 0 Å². The fourth-order valence-electron chi connectivity index (χ4n) is 2.38. The van der Waals surface area contributed by atoms with Crippen molar-refractivity contribution >= 4 is 5.69 Å². The van der Waals surface area contributed by atoms with Crippen LogP contribution in [-0.2, 0) is 6.61 Å². The number of para-hydroxylation sites is 1. The first-order chi connectivity index (χ1) is 8.13. The monoisotopic (exact) mass is 239 g/mol. The fourth-order valence-corrected chi connectivity index (χ4v) is 2.38. The molecule has 1 aliphatic heterocycles. The molecule has 1 fully saturated rings. The molecule has 0 bridgehead atoms. The van der Waals surface area contributed by atoms with E-state index in [0.717, 1.165) is 0 Å². The van der Waals surface area contributed by atoms with E-state index in [4.69, 9.17) is 0 Å². The Labute approximate surface area is 100 Å². The highest BCUT2D eigenvalue weighted by Gasteiger charge is 2.26. The topological polar surface area (TPSA) is 43.7 Å². The van der Waals surface area contributed by atoms with Gasteiger partial charge in [0, 0.05) is 18.7 Å². The Kier molecular flexibility index (Phi) is 3.64. The normalized spacial score (nSPS) is 25.1. The summed E-state index contributed by atoms with van der Waals surface area (Å²) in [6, 6.07) is 4.74. The van der Waals surface area contributed by atoms with E-state index in [9.17, 15) is 14.6 Å². The zero-order valence-electron chi connectivity index (χ0n) is 9.93. The van der Waals surface area contributed by atoms with Crippen molar-refractivity contribution in [3.63, 3.8) is 0 Å². The highest BCUT2D eigenvalue weighted by molar-refractivity contribution is 5.55. The Balaban J connectivity index is 2.28. The summed E-state index contributed by atoms with van der Waals surface area (Å²) >= 11 is 0. The number of rotatable bonds is 2. The largest absolute Gasteiger partial charge is 0.393 e. The molecule has 2 N–H and O–H groups in total. The molecular formula is C13H18FNO2. The van der Waals surface area contributed by atoms with Gasteiger partial charge in [-0.1, -0.05) is 19.1 Å². The maximum Gasteiger partial charge on any atom is 0.146 e. The Hall–Kier alpha value is -1.13. The molecule has 1 aromatic carbocycles. The van der Waals surface area contributed by atoms with Crippen LogP contribution in [-0.4, -0.2) is 29.4 Å². The van der Waals surface area contributed by atoms with Crippen LogP contribution in [0.4, 0.5) is 10.1 Å². The minimum atomic E-state index is -0.310. The standard InChI is InChI=1S/C13H18FNO2/c1-9-7-15(6-5-12(9)17)13-10(8-16)3-2-4-11(13)14/h2-4,9,12,16-17H,5-8H2,1H3. The Morgan fingerprint density at radius 1 is 1.47 bits per heavy atom. The molecule has 0 aromatic heterocycles. The average molecular weight is 239 g/mol. The molecule has 17 heavy (non-hydrogen) atoms. The lowest BCUT2D eigenvalue weighted by molar-refractivity contribution is 0.0967. The van der Waals surface area contributed by atoms with Crippen LogP contribution >= 0.6 is 0 Å². The minimum absolute atomic E-state index is 0.120. The second-order valence-corrected chi connectivity index (χ2v) is 4.69. The number of aliphatic hydroxyl groups excluding tert-OH is 2. The molecule has 0 amide bonds. The van der Waals surface area contributed by atoms with Crippen molar-refractivity contribution in [2.45, 2.75) is 26.1 Å². The number of benzene rings is 1. The number of halogens is 1. The Bertz CT molecular complexity index is 397. The summed E-state index contributed by atoms with van der Waals surface area (Å²) in [5.41, 5.74) is 1.09. The summed E-state index contributed by atoms with van der Waals surface area (Å²) < 4.78 is 13.8. The maximum absolute atomic E-state index is 13.8. The second kappa shape index (κ2) is 5.02. The first kappa shape index (κ1) is 12.3. The first-order valence-electron chi connectivity index (χ1n) is 5.94. The van der Waals surface area contributed by atoms with Crippen molar-refractivity contribution in [1.29, 1.82) is 0 Å². The SMILES string of the molecule is CC1CN(c2c(F)cccc2CO)CCC1O. The van der Waals surface area contributed by atoms with Gasteiger partial charge in [0.05, 0.1) is 18.4 Å². The summed E-state index contributed by atoms with van der Waals surface area (Å²) in [7, 11) is 0. The van der Waals surface area contributed by atoms with Crippen molar-refractivity contribution in [2.24, 2.45) is 5.92 Å². The van der Waals surface area contributed by atoms with Gasteiger partial charge in [-0.15, -0.1) is 0 Å². The number of hydrogen-bond donors (Lipinski definition) is 2. The van der Waals surface area contributed by atoms with E-state index < -0.39 is 0 Å². The lowest BCUT2D eigenvalue weighted by atomic mass is 9.95. The van der Waals surface area contributed by atoms with Crippen LogP contribution in [0.25, 0.3) is 0 Å². The predicted molar refractivity (Wildman–Crippen MR) is 64.3 cm³/mol. The van der Waals surface area contributed by atoms with E-state index in [-0.39, 0.29) is 24.4 Å². The summed E-state index contributed by atoms with van der Waals surface area (Å²) in [6.07, 6.45) is 0.330. The predicted octanol–water partition coefficient (Wildman–Crippen LogP) is 1.53. The van der Waals surface area contributed by atoms with Gasteiger partial charge in [0.1, 0.15) is 5.82 Å². The van der Waals surface area contributed by atoms with E-state index in [1.165, 1.54) is 6.07 Å². The molecule has 0 aliphatic carbocycles. The maximum atomic E-state index is 13.8. The molecular weight excluding hydrogens is 221 g/mol. The molecule has 4 heteroatoms. The molecule has 2 unspecified atom stereocenters. The third kappa shape index (κ3) is 2.42. The van der Waals surface area contributed by atoms with E-state index in [0.29, 0.717) is 30.8 Å². The number of nitrogens with zero attached hydrogens (tertiary/aromatic N) is 1. The van der Waals surface area contributed by atoms with Crippen LogP contribution in [0.3, 0.4) is 0 Å². The van der Waals surface area contributed by atoms with E-state index >= 15 is 0 Å². The van der Waals surface area contributed by atoms with Gasteiger partial charge in [-0.05, 0) is 18.4 Å². The van der Waals surface area contributed by atoms with E-state index in [1.54, 1.807) is 12.1 Å². The van der Waals surface area contributed by atoms with Gasteiger partial charge < -0.3 is 15.1 Å². The van der Waals surface area contributed by atoms with Gasteiger partial charge in [0.15, 0.2) is 0 Å². The van der Waals surface area contributed by atoms with Gasteiger partial charge in [-0.2, -0.15) is 0 Å². The van der Waals surface area contributed by atoms with Crippen LogP contribution in [0.1, 0.15) is 18.9 Å². The third-order valence-corrected chi connectivity index (χ3v) is 3.42. The Morgan fingerprint density at radius 3 is 2.88 bits per heavy atom. The zero-order chi connectivity index (χ0) is 12.4. The molecule has 1 heterocycles. The highest BCUT2D eigenvalue weighted by atomic mass is 19.1. The van der Waals surface area contributed by atoms with Crippen LogP contribution < -0.4 is 4.90 Å². The van der Waals surface area contributed by atoms with Gasteiger partial charge in [-0.25, -0.2) is 4.39 Å². The number of anilines is 1. The lowest BCUT2D eigenvalue weighted by Crippen LogP contribution is -2.42. The Morgan fingerprint density at radius 2 is 2.24 bits per heavy atom. The lowest BCUT2D eigenvalue weighted by Gasteiger charge is -2.37. The van der Waals surface area contributed by atoms with Crippen LogP contribution in [0, 0.1) is 11.7 Å². The van der Waals surface area contributed by atoms with Crippen molar-refractivity contribution in [2.75, 3.05) is 18.0 Å². The number of aliphatic hydroxyl groups is 2. The molecule has 1 saturated heterocycles. The smallest absolute Gasteiger partial charge is 0.146 e. The third-order valence-electron chi connectivity index (χ3n) is 3.42. The number of piperidine rings is 1.